The molecule has 1 N–H and O–H groups in total. The van der Waals surface area contributed by atoms with Crippen molar-refractivity contribution in [2.75, 3.05) is 13.1 Å². The minimum atomic E-state index is -3.41. The smallest absolute Gasteiger partial charge is 0.220 e. The number of nitrogens with zero attached hydrogens (tertiary/aromatic N) is 2. The van der Waals surface area contributed by atoms with Crippen molar-refractivity contribution in [3.63, 3.8) is 0 Å². The van der Waals surface area contributed by atoms with Crippen molar-refractivity contribution < 1.29 is 12.9 Å². The first-order chi connectivity index (χ1) is 9.99. The first-order valence-corrected chi connectivity index (χ1v) is 8.66. The van der Waals surface area contributed by atoms with Gasteiger partial charge < -0.3 is 9.84 Å². The van der Waals surface area contributed by atoms with Gasteiger partial charge in [-0.3, -0.25) is 0 Å². The Morgan fingerprint density at radius 1 is 1.38 bits per heavy atom. The number of hydrogen-bond donors (Lipinski definition) is 1. The van der Waals surface area contributed by atoms with Crippen LogP contribution in [-0.4, -0.2) is 43.1 Å². The Balaban J connectivity index is 1.89. The minimum Gasteiger partial charge on any atom is -0.356 e. The Labute approximate surface area is 124 Å². The molecule has 0 aliphatic carbocycles. The molecule has 0 saturated carbocycles. The Morgan fingerprint density at radius 3 is 2.95 bits per heavy atom. The molecule has 7 heteroatoms. The fraction of sp³-hybridized carbons (Fsp3) is 0.500. The predicted molar refractivity (Wildman–Crippen MR) is 80.3 cm³/mol. The van der Waals surface area contributed by atoms with Gasteiger partial charge in [-0.05, 0) is 26.0 Å². The van der Waals surface area contributed by atoms with E-state index in [4.69, 9.17) is 4.52 Å². The summed E-state index contributed by atoms with van der Waals surface area (Å²) >= 11 is 0. The second-order valence-electron chi connectivity index (χ2n) is 5.48. The average Bonchev–Trinajstić information content (AvgIpc) is 2.84. The van der Waals surface area contributed by atoms with E-state index in [9.17, 15) is 8.42 Å². The van der Waals surface area contributed by atoms with Crippen LogP contribution >= 0.6 is 0 Å². The fourth-order valence-corrected chi connectivity index (χ4v) is 4.49. The highest BCUT2D eigenvalue weighted by atomic mass is 32.2. The number of benzene rings is 1. The predicted octanol–water partition coefficient (Wildman–Crippen LogP) is 1.34. The monoisotopic (exact) mass is 309 g/mol. The number of piperazine rings is 1. The molecule has 1 aromatic heterocycles. The lowest BCUT2D eigenvalue weighted by Crippen LogP contribution is -2.57. The van der Waals surface area contributed by atoms with Crippen LogP contribution < -0.4 is 5.32 Å². The fourth-order valence-electron chi connectivity index (χ4n) is 2.72. The Bertz CT molecular complexity index is 741. The molecular weight excluding hydrogens is 290 g/mol. The maximum atomic E-state index is 12.7. The second-order valence-corrected chi connectivity index (χ2v) is 7.40. The lowest BCUT2D eigenvalue weighted by atomic mass is 10.1. The summed E-state index contributed by atoms with van der Waals surface area (Å²) in [7, 11) is -3.41. The SMILES string of the molecule is CC1NCCN(S(=O)(=O)Cc2noc3ccccc23)C1C. The van der Waals surface area contributed by atoms with Gasteiger partial charge >= 0.3 is 0 Å². The molecular formula is C14H19N3O3S. The quantitative estimate of drug-likeness (QED) is 0.926. The summed E-state index contributed by atoms with van der Waals surface area (Å²) in [5, 5.41) is 7.97. The lowest BCUT2D eigenvalue weighted by Gasteiger charge is -2.37. The van der Waals surface area contributed by atoms with Crippen molar-refractivity contribution >= 4 is 21.0 Å². The molecule has 0 spiro atoms. The highest BCUT2D eigenvalue weighted by Crippen LogP contribution is 2.23. The number of sulfonamides is 1. The van der Waals surface area contributed by atoms with Gasteiger partial charge in [-0.15, -0.1) is 0 Å². The Hall–Kier alpha value is -1.44. The van der Waals surface area contributed by atoms with E-state index in [1.54, 1.807) is 10.4 Å². The van der Waals surface area contributed by atoms with E-state index in [2.05, 4.69) is 10.5 Å². The number of aromatic nitrogens is 1. The molecule has 1 saturated heterocycles. The van der Waals surface area contributed by atoms with Crippen LogP contribution in [0, 0.1) is 0 Å². The minimum absolute atomic E-state index is 0.0677. The third-order valence-electron chi connectivity index (χ3n) is 4.10. The molecule has 0 radical (unpaired) electrons. The maximum Gasteiger partial charge on any atom is 0.220 e. The first-order valence-electron chi connectivity index (χ1n) is 7.05. The summed E-state index contributed by atoms with van der Waals surface area (Å²) < 4.78 is 32.1. The van der Waals surface area contributed by atoms with E-state index in [1.165, 1.54) is 0 Å². The van der Waals surface area contributed by atoms with E-state index >= 15 is 0 Å². The van der Waals surface area contributed by atoms with Gasteiger partial charge in [-0.1, -0.05) is 17.3 Å². The van der Waals surface area contributed by atoms with Crippen molar-refractivity contribution in [3.8, 4) is 0 Å². The van der Waals surface area contributed by atoms with Crippen molar-refractivity contribution in [2.24, 2.45) is 0 Å². The summed E-state index contributed by atoms with van der Waals surface area (Å²) in [6.45, 7) is 5.08. The summed E-state index contributed by atoms with van der Waals surface area (Å²) in [5.41, 5.74) is 1.09. The van der Waals surface area contributed by atoms with Crippen LogP contribution in [0.15, 0.2) is 28.8 Å². The largest absolute Gasteiger partial charge is 0.356 e. The van der Waals surface area contributed by atoms with Gasteiger partial charge in [-0.2, -0.15) is 4.31 Å². The van der Waals surface area contributed by atoms with Crippen LogP contribution in [0.4, 0.5) is 0 Å². The average molecular weight is 309 g/mol. The van der Waals surface area contributed by atoms with E-state index in [1.807, 2.05) is 32.0 Å². The second kappa shape index (κ2) is 5.40. The zero-order chi connectivity index (χ0) is 15.0. The van der Waals surface area contributed by atoms with E-state index in [0.29, 0.717) is 24.4 Å². The van der Waals surface area contributed by atoms with E-state index in [-0.39, 0.29) is 17.8 Å². The maximum absolute atomic E-state index is 12.7. The van der Waals surface area contributed by atoms with Crippen LogP contribution in [-0.2, 0) is 15.8 Å². The number of nitrogens with one attached hydrogen (secondary N) is 1. The standard InChI is InChI=1S/C14H19N3O3S/c1-10-11(2)17(8-7-15-10)21(18,19)9-13-12-5-3-4-6-14(12)20-16-13/h3-6,10-11,15H,7-9H2,1-2H3. The lowest BCUT2D eigenvalue weighted by molar-refractivity contribution is 0.232. The van der Waals surface area contributed by atoms with Crippen LogP contribution in [0.25, 0.3) is 11.0 Å². The Kier molecular flexibility index (Phi) is 3.73. The molecule has 114 valence electrons. The van der Waals surface area contributed by atoms with Gasteiger partial charge in [0.15, 0.2) is 5.58 Å². The van der Waals surface area contributed by atoms with Gasteiger partial charge in [-0.25, -0.2) is 8.42 Å². The molecule has 0 amide bonds. The number of fused-ring (bicyclic) bond motifs is 1. The summed E-state index contributed by atoms with van der Waals surface area (Å²) in [6, 6.07) is 7.38. The molecule has 6 nitrogen and oxygen atoms in total. The highest BCUT2D eigenvalue weighted by Gasteiger charge is 2.34. The molecule has 1 aromatic carbocycles. The van der Waals surface area contributed by atoms with Gasteiger partial charge in [0.25, 0.3) is 0 Å². The summed E-state index contributed by atoms with van der Waals surface area (Å²) in [6.07, 6.45) is 0. The molecule has 2 atom stereocenters. The molecule has 3 rings (SSSR count). The molecule has 21 heavy (non-hydrogen) atoms. The topological polar surface area (TPSA) is 75.4 Å². The van der Waals surface area contributed by atoms with Crippen molar-refractivity contribution in [1.29, 1.82) is 0 Å². The molecule has 1 fully saturated rings. The third kappa shape index (κ3) is 2.68. The summed E-state index contributed by atoms with van der Waals surface area (Å²) in [5.74, 6) is -0.124. The van der Waals surface area contributed by atoms with Crippen molar-refractivity contribution in [1.82, 2.24) is 14.8 Å². The molecule has 1 aliphatic rings. The van der Waals surface area contributed by atoms with Gasteiger partial charge in [0.2, 0.25) is 10.0 Å². The zero-order valence-corrected chi connectivity index (χ0v) is 12.9. The molecule has 2 aromatic rings. The van der Waals surface area contributed by atoms with Crippen LogP contribution in [0.5, 0.6) is 0 Å². The van der Waals surface area contributed by atoms with Crippen LogP contribution in [0.2, 0.25) is 0 Å². The molecule has 1 aliphatic heterocycles. The zero-order valence-electron chi connectivity index (χ0n) is 12.1. The van der Waals surface area contributed by atoms with Crippen LogP contribution in [0.1, 0.15) is 19.5 Å². The molecule has 2 unspecified atom stereocenters. The number of hydrogen-bond acceptors (Lipinski definition) is 5. The normalized spacial score (nSPS) is 24.5. The van der Waals surface area contributed by atoms with Gasteiger partial charge in [0.05, 0.1) is 0 Å². The van der Waals surface area contributed by atoms with E-state index < -0.39 is 10.0 Å². The Morgan fingerprint density at radius 2 is 2.14 bits per heavy atom. The van der Waals surface area contributed by atoms with Crippen molar-refractivity contribution in [3.05, 3.63) is 30.0 Å². The van der Waals surface area contributed by atoms with Gasteiger partial charge in [0, 0.05) is 30.6 Å². The van der Waals surface area contributed by atoms with Crippen molar-refractivity contribution in [2.45, 2.75) is 31.7 Å². The summed E-state index contributed by atoms with van der Waals surface area (Å²) in [4.78, 5) is 0. The first kappa shape index (κ1) is 14.5. The number of rotatable bonds is 3. The molecule has 0 bridgehead atoms. The molecule has 2 heterocycles. The van der Waals surface area contributed by atoms with Crippen LogP contribution in [0.3, 0.4) is 0 Å². The van der Waals surface area contributed by atoms with Gasteiger partial charge in [0.1, 0.15) is 11.4 Å². The third-order valence-corrected chi connectivity index (χ3v) is 5.97. The van der Waals surface area contributed by atoms with E-state index in [0.717, 1.165) is 5.39 Å². The highest BCUT2D eigenvalue weighted by molar-refractivity contribution is 7.88. The number of para-hydroxylation sites is 1.